The van der Waals surface area contributed by atoms with Gasteiger partial charge in [0, 0.05) is 24.8 Å². The maximum Gasteiger partial charge on any atom is 0.270 e. The molecule has 0 saturated carbocycles. The fourth-order valence-electron chi connectivity index (χ4n) is 2.08. The predicted molar refractivity (Wildman–Crippen MR) is 76.3 cm³/mol. The van der Waals surface area contributed by atoms with Crippen LogP contribution in [0.15, 0.2) is 21.8 Å². The van der Waals surface area contributed by atoms with Crippen LogP contribution in [0.25, 0.3) is 10.9 Å². The molecule has 1 atom stereocenters. The Morgan fingerprint density at radius 2 is 1.75 bits per heavy atom. The van der Waals surface area contributed by atoms with Crippen molar-refractivity contribution in [1.29, 1.82) is 0 Å². The Labute approximate surface area is 118 Å². The minimum Gasteiger partial charge on any atom is -0.506 e. The smallest absolute Gasteiger partial charge is 0.270 e. The maximum absolute atomic E-state index is 12.1. The highest BCUT2D eigenvalue weighted by atomic mass is 32.2. The summed E-state index contributed by atoms with van der Waals surface area (Å²) in [6, 6.07) is 3.15. The number of fused-ring (bicyclic) bond motifs is 1. The van der Waals surface area contributed by atoms with Gasteiger partial charge in [0.15, 0.2) is 11.5 Å². The van der Waals surface area contributed by atoms with Gasteiger partial charge in [0.1, 0.15) is 10.6 Å². The van der Waals surface area contributed by atoms with E-state index in [4.69, 9.17) is 9.47 Å². The molecule has 1 aromatic carbocycles. The van der Waals surface area contributed by atoms with Gasteiger partial charge < -0.3 is 19.1 Å². The number of ether oxygens (including phenoxy) is 2. The van der Waals surface area contributed by atoms with Gasteiger partial charge in [-0.3, -0.25) is 9.00 Å². The van der Waals surface area contributed by atoms with E-state index in [-0.39, 0.29) is 10.6 Å². The van der Waals surface area contributed by atoms with Crippen molar-refractivity contribution in [2.45, 2.75) is 4.90 Å². The molecule has 0 aliphatic heterocycles. The lowest BCUT2D eigenvalue weighted by Crippen LogP contribution is -2.22. The minimum atomic E-state index is -1.59. The summed E-state index contributed by atoms with van der Waals surface area (Å²) < 4.78 is 23.3. The van der Waals surface area contributed by atoms with Crippen molar-refractivity contribution >= 4 is 21.7 Å². The Kier molecular flexibility index (Phi) is 3.71. The molecule has 0 amide bonds. The van der Waals surface area contributed by atoms with E-state index in [1.165, 1.54) is 25.0 Å². The van der Waals surface area contributed by atoms with Crippen molar-refractivity contribution in [3.05, 3.63) is 22.5 Å². The number of aromatic hydroxyl groups is 1. The lowest BCUT2D eigenvalue weighted by atomic mass is 10.1. The van der Waals surface area contributed by atoms with Crippen LogP contribution in [0.5, 0.6) is 17.2 Å². The van der Waals surface area contributed by atoms with Crippen LogP contribution in [0.1, 0.15) is 0 Å². The van der Waals surface area contributed by atoms with Gasteiger partial charge in [0.05, 0.1) is 30.5 Å². The third-order valence-corrected chi connectivity index (χ3v) is 4.06. The molecule has 0 radical (unpaired) electrons. The van der Waals surface area contributed by atoms with E-state index >= 15 is 0 Å². The molecule has 0 aliphatic carbocycles. The van der Waals surface area contributed by atoms with Crippen LogP contribution in [0.2, 0.25) is 0 Å². The second-order valence-electron chi connectivity index (χ2n) is 4.22. The number of nitrogens with zero attached hydrogens (tertiary/aromatic N) is 1. The molecule has 108 valence electrons. The molecule has 1 unspecified atom stereocenters. The second kappa shape index (κ2) is 5.16. The van der Waals surface area contributed by atoms with Gasteiger partial charge >= 0.3 is 0 Å². The number of hydrogen-bond donors (Lipinski definition) is 1. The number of benzene rings is 1. The van der Waals surface area contributed by atoms with Gasteiger partial charge in [-0.15, -0.1) is 0 Å². The van der Waals surface area contributed by atoms with Crippen LogP contribution in [-0.2, 0) is 17.8 Å². The van der Waals surface area contributed by atoms with Gasteiger partial charge in [-0.2, -0.15) is 0 Å². The predicted octanol–water partition coefficient (Wildman–Crippen LogP) is 0.999. The zero-order valence-corrected chi connectivity index (χ0v) is 12.4. The van der Waals surface area contributed by atoms with Crippen molar-refractivity contribution in [3.8, 4) is 17.2 Å². The molecule has 2 aromatic rings. The quantitative estimate of drug-likeness (QED) is 0.914. The number of pyridine rings is 1. The van der Waals surface area contributed by atoms with E-state index in [1.807, 2.05) is 0 Å². The summed E-state index contributed by atoms with van der Waals surface area (Å²) in [5.74, 6) is 0.575. The van der Waals surface area contributed by atoms with E-state index < -0.39 is 16.4 Å². The zero-order valence-electron chi connectivity index (χ0n) is 11.6. The van der Waals surface area contributed by atoms with Gasteiger partial charge in [0.25, 0.3) is 5.56 Å². The topological polar surface area (TPSA) is 77.8 Å². The fraction of sp³-hybridized carbons (Fsp3) is 0.308. The SMILES string of the molecule is COc1cc2c(O)c(S(C)=O)c(=O)n(C)c2cc1OC. The molecule has 2 rings (SSSR count). The monoisotopic (exact) mass is 297 g/mol. The van der Waals surface area contributed by atoms with Crippen LogP contribution < -0.4 is 15.0 Å². The molecule has 0 saturated heterocycles. The zero-order chi connectivity index (χ0) is 15.0. The van der Waals surface area contributed by atoms with Crippen molar-refractivity contribution in [1.82, 2.24) is 4.57 Å². The highest BCUT2D eigenvalue weighted by molar-refractivity contribution is 7.84. The lowest BCUT2D eigenvalue weighted by molar-refractivity contribution is 0.355. The molecule has 1 N–H and O–H groups in total. The third-order valence-electron chi connectivity index (χ3n) is 3.12. The summed E-state index contributed by atoms with van der Waals surface area (Å²) in [6.45, 7) is 0. The average Bonchev–Trinajstić information content (AvgIpc) is 2.43. The van der Waals surface area contributed by atoms with Gasteiger partial charge in [0.2, 0.25) is 0 Å². The van der Waals surface area contributed by atoms with E-state index in [0.29, 0.717) is 22.4 Å². The minimum absolute atomic E-state index is 0.118. The summed E-state index contributed by atoms with van der Waals surface area (Å²) >= 11 is 0. The molecule has 0 aliphatic rings. The first-order chi connectivity index (χ1) is 9.42. The first-order valence-corrected chi connectivity index (χ1v) is 7.29. The summed E-state index contributed by atoms with van der Waals surface area (Å²) in [5.41, 5.74) is -0.0256. The van der Waals surface area contributed by atoms with Crippen LogP contribution in [0, 0.1) is 0 Å². The second-order valence-corrected chi connectivity index (χ2v) is 5.54. The van der Waals surface area contributed by atoms with Crippen molar-refractivity contribution in [2.75, 3.05) is 20.5 Å². The largest absolute Gasteiger partial charge is 0.506 e. The first-order valence-electron chi connectivity index (χ1n) is 5.73. The Bertz CT molecular complexity index is 766. The molecule has 7 heteroatoms. The highest BCUT2D eigenvalue weighted by Gasteiger charge is 2.19. The number of aryl methyl sites for hydroxylation is 1. The van der Waals surface area contributed by atoms with Crippen molar-refractivity contribution in [3.63, 3.8) is 0 Å². The summed E-state index contributed by atoms with van der Waals surface area (Å²) in [7, 11) is 2.92. The summed E-state index contributed by atoms with van der Waals surface area (Å²) in [6.07, 6.45) is 1.35. The Hall–Kier alpha value is -2.02. The highest BCUT2D eigenvalue weighted by Crippen LogP contribution is 2.36. The molecule has 1 heterocycles. The number of aromatic nitrogens is 1. The third kappa shape index (κ3) is 2.03. The molecule has 0 spiro atoms. The lowest BCUT2D eigenvalue weighted by Gasteiger charge is -2.14. The molecule has 0 fully saturated rings. The van der Waals surface area contributed by atoms with Crippen molar-refractivity contribution in [2.24, 2.45) is 7.05 Å². The molecule has 6 nitrogen and oxygen atoms in total. The van der Waals surface area contributed by atoms with Gasteiger partial charge in [-0.25, -0.2) is 0 Å². The van der Waals surface area contributed by atoms with Crippen LogP contribution in [0.3, 0.4) is 0 Å². The van der Waals surface area contributed by atoms with Crippen LogP contribution in [0.4, 0.5) is 0 Å². The number of methoxy groups -OCH3 is 2. The first kappa shape index (κ1) is 14.4. The summed E-state index contributed by atoms with van der Waals surface area (Å²) in [4.78, 5) is 12.0. The molecule has 20 heavy (non-hydrogen) atoms. The van der Waals surface area contributed by atoms with Gasteiger partial charge in [-0.1, -0.05) is 0 Å². The molecule has 0 bridgehead atoms. The van der Waals surface area contributed by atoms with Crippen LogP contribution >= 0.6 is 0 Å². The summed E-state index contributed by atoms with van der Waals surface area (Å²) in [5, 5.41) is 10.6. The van der Waals surface area contributed by atoms with Crippen molar-refractivity contribution < 1.29 is 18.8 Å². The Balaban J connectivity index is 3.00. The van der Waals surface area contributed by atoms with E-state index in [2.05, 4.69) is 0 Å². The van der Waals surface area contributed by atoms with Gasteiger partial charge in [-0.05, 0) is 6.07 Å². The van der Waals surface area contributed by atoms with E-state index in [9.17, 15) is 14.1 Å². The van der Waals surface area contributed by atoms with E-state index in [0.717, 1.165) is 0 Å². The molecular formula is C13H15NO5S. The maximum atomic E-state index is 12.1. The number of rotatable bonds is 3. The standard InChI is InChI=1S/C13H15NO5S/c1-14-8-6-10(19-3)9(18-2)5-7(8)11(15)12(13(14)16)20(4)17/h5-6,15H,1-4H3. The Morgan fingerprint density at radius 1 is 1.20 bits per heavy atom. The normalized spacial score (nSPS) is 12.4. The van der Waals surface area contributed by atoms with Crippen LogP contribution in [-0.4, -0.2) is 34.4 Å². The Morgan fingerprint density at radius 3 is 2.25 bits per heavy atom. The number of hydrogen-bond acceptors (Lipinski definition) is 5. The molecular weight excluding hydrogens is 282 g/mol. The average molecular weight is 297 g/mol. The molecule has 1 aromatic heterocycles. The van der Waals surface area contributed by atoms with E-state index in [1.54, 1.807) is 19.2 Å². The fourth-order valence-corrected chi connectivity index (χ4v) is 2.84.